The number of aryl methyl sites for hydroxylation is 1. The second-order valence-electron chi connectivity index (χ2n) is 3.90. The zero-order chi connectivity index (χ0) is 11.3. The predicted octanol–water partition coefficient (Wildman–Crippen LogP) is 3.13. The van der Waals surface area contributed by atoms with Crippen molar-refractivity contribution in [1.29, 1.82) is 0 Å². The van der Waals surface area contributed by atoms with Gasteiger partial charge in [-0.1, -0.05) is 0 Å². The molecule has 0 radical (unpaired) electrons. The summed E-state index contributed by atoms with van der Waals surface area (Å²) in [6.45, 7) is 10.1. The van der Waals surface area contributed by atoms with Gasteiger partial charge in [-0.25, -0.2) is 0 Å². The summed E-state index contributed by atoms with van der Waals surface area (Å²) in [5, 5.41) is 3.53. The zero-order valence-corrected chi connectivity index (χ0v) is 10.9. The van der Waals surface area contributed by atoms with Crippen molar-refractivity contribution in [2.24, 2.45) is 0 Å². The molecule has 3 heteroatoms. The maximum atomic E-state index is 5.38. The molecule has 1 aromatic heterocycles. The van der Waals surface area contributed by atoms with Gasteiger partial charge in [0, 0.05) is 28.4 Å². The SMILES string of the molecule is CCOCC(C)NC(C)c1ccc(C)s1. The van der Waals surface area contributed by atoms with Crippen LogP contribution in [0, 0.1) is 6.92 Å². The van der Waals surface area contributed by atoms with Gasteiger partial charge in [0.25, 0.3) is 0 Å². The van der Waals surface area contributed by atoms with Gasteiger partial charge in [-0.3, -0.25) is 0 Å². The van der Waals surface area contributed by atoms with Crippen LogP contribution in [0.25, 0.3) is 0 Å². The second-order valence-corrected chi connectivity index (χ2v) is 5.22. The van der Waals surface area contributed by atoms with E-state index < -0.39 is 0 Å². The first-order chi connectivity index (χ1) is 7.13. The van der Waals surface area contributed by atoms with Crippen molar-refractivity contribution in [3.05, 3.63) is 21.9 Å². The third-order valence-electron chi connectivity index (χ3n) is 2.29. The highest BCUT2D eigenvalue weighted by Gasteiger charge is 2.10. The molecule has 1 aromatic rings. The van der Waals surface area contributed by atoms with Crippen molar-refractivity contribution in [3.8, 4) is 0 Å². The molecule has 0 aliphatic rings. The molecule has 2 unspecified atom stereocenters. The molecule has 0 saturated carbocycles. The normalized spacial score (nSPS) is 15.2. The van der Waals surface area contributed by atoms with Crippen LogP contribution in [-0.2, 0) is 4.74 Å². The summed E-state index contributed by atoms with van der Waals surface area (Å²) in [7, 11) is 0. The number of thiophene rings is 1. The van der Waals surface area contributed by atoms with Gasteiger partial charge in [-0.15, -0.1) is 11.3 Å². The van der Waals surface area contributed by atoms with E-state index in [1.807, 2.05) is 18.3 Å². The van der Waals surface area contributed by atoms with Crippen LogP contribution in [0.2, 0.25) is 0 Å². The van der Waals surface area contributed by atoms with Gasteiger partial charge in [0.2, 0.25) is 0 Å². The molecule has 0 aliphatic heterocycles. The molecule has 1 N–H and O–H groups in total. The van der Waals surface area contributed by atoms with E-state index in [-0.39, 0.29) is 0 Å². The quantitative estimate of drug-likeness (QED) is 0.806. The van der Waals surface area contributed by atoms with Crippen molar-refractivity contribution in [2.45, 2.75) is 39.8 Å². The standard InChI is InChI=1S/C12H21NOS/c1-5-14-8-9(2)13-11(4)12-7-6-10(3)15-12/h6-7,9,11,13H,5,8H2,1-4H3. The Bertz CT molecular complexity index is 285. The van der Waals surface area contributed by atoms with Gasteiger partial charge in [-0.2, -0.15) is 0 Å². The fourth-order valence-corrected chi connectivity index (χ4v) is 2.43. The van der Waals surface area contributed by atoms with Crippen LogP contribution in [0.1, 0.15) is 36.6 Å². The molecule has 0 spiro atoms. The third-order valence-corrected chi connectivity index (χ3v) is 3.48. The van der Waals surface area contributed by atoms with Crippen LogP contribution < -0.4 is 5.32 Å². The van der Waals surface area contributed by atoms with E-state index in [0.29, 0.717) is 12.1 Å². The van der Waals surface area contributed by atoms with Crippen molar-refractivity contribution >= 4 is 11.3 Å². The summed E-state index contributed by atoms with van der Waals surface area (Å²) < 4.78 is 5.38. The Kier molecular flexibility index (Phi) is 5.29. The minimum Gasteiger partial charge on any atom is -0.380 e. The number of hydrogen-bond donors (Lipinski definition) is 1. The first-order valence-corrected chi connectivity index (χ1v) is 6.35. The lowest BCUT2D eigenvalue weighted by atomic mass is 10.2. The van der Waals surface area contributed by atoms with Crippen molar-refractivity contribution in [2.75, 3.05) is 13.2 Å². The van der Waals surface area contributed by atoms with Gasteiger partial charge in [0.15, 0.2) is 0 Å². The number of ether oxygens (including phenoxy) is 1. The highest BCUT2D eigenvalue weighted by molar-refractivity contribution is 7.12. The summed E-state index contributed by atoms with van der Waals surface area (Å²) in [6, 6.07) is 5.19. The molecule has 0 aliphatic carbocycles. The Morgan fingerprint density at radius 3 is 2.67 bits per heavy atom. The van der Waals surface area contributed by atoms with Gasteiger partial charge in [0.1, 0.15) is 0 Å². The average Bonchev–Trinajstić information content (AvgIpc) is 2.61. The fraction of sp³-hybridized carbons (Fsp3) is 0.667. The maximum Gasteiger partial charge on any atom is 0.0616 e. The summed E-state index contributed by atoms with van der Waals surface area (Å²) in [6.07, 6.45) is 0. The minimum atomic E-state index is 0.405. The van der Waals surface area contributed by atoms with Crippen molar-refractivity contribution < 1.29 is 4.74 Å². The van der Waals surface area contributed by atoms with E-state index in [4.69, 9.17) is 4.74 Å². The molecule has 1 heterocycles. The Labute approximate surface area is 96.7 Å². The minimum absolute atomic E-state index is 0.405. The molecule has 15 heavy (non-hydrogen) atoms. The molecular weight excluding hydrogens is 206 g/mol. The van der Waals surface area contributed by atoms with Gasteiger partial charge < -0.3 is 10.1 Å². The lowest BCUT2D eigenvalue weighted by molar-refractivity contribution is 0.124. The molecule has 0 aromatic carbocycles. The third kappa shape index (κ3) is 4.33. The smallest absolute Gasteiger partial charge is 0.0616 e. The summed E-state index contributed by atoms with van der Waals surface area (Å²) >= 11 is 1.86. The number of rotatable bonds is 6. The maximum absolute atomic E-state index is 5.38. The van der Waals surface area contributed by atoms with E-state index >= 15 is 0 Å². The fourth-order valence-electron chi connectivity index (χ4n) is 1.54. The van der Waals surface area contributed by atoms with E-state index in [1.54, 1.807) is 0 Å². The van der Waals surface area contributed by atoms with Crippen LogP contribution in [0.5, 0.6) is 0 Å². The highest BCUT2D eigenvalue weighted by atomic mass is 32.1. The Morgan fingerprint density at radius 2 is 2.13 bits per heavy atom. The lowest BCUT2D eigenvalue weighted by Crippen LogP contribution is -2.32. The largest absolute Gasteiger partial charge is 0.380 e. The highest BCUT2D eigenvalue weighted by Crippen LogP contribution is 2.22. The average molecular weight is 227 g/mol. The zero-order valence-electron chi connectivity index (χ0n) is 10.0. The van der Waals surface area contributed by atoms with Crippen LogP contribution in [0.3, 0.4) is 0 Å². The van der Waals surface area contributed by atoms with Crippen molar-refractivity contribution in [3.63, 3.8) is 0 Å². The van der Waals surface area contributed by atoms with Crippen LogP contribution >= 0.6 is 11.3 Å². The van der Waals surface area contributed by atoms with E-state index in [2.05, 4.69) is 38.2 Å². The van der Waals surface area contributed by atoms with Gasteiger partial charge >= 0.3 is 0 Å². The second kappa shape index (κ2) is 6.26. The van der Waals surface area contributed by atoms with Crippen molar-refractivity contribution in [1.82, 2.24) is 5.32 Å². The van der Waals surface area contributed by atoms with Crippen LogP contribution in [-0.4, -0.2) is 19.3 Å². The van der Waals surface area contributed by atoms with Crippen LogP contribution in [0.4, 0.5) is 0 Å². The summed E-state index contributed by atoms with van der Waals surface area (Å²) in [4.78, 5) is 2.77. The predicted molar refractivity (Wildman–Crippen MR) is 66.6 cm³/mol. The number of hydrogen-bond acceptors (Lipinski definition) is 3. The molecule has 0 saturated heterocycles. The number of nitrogens with one attached hydrogen (secondary N) is 1. The first kappa shape index (κ1) is 12.7. The molecule has 0 amide bonds. The van der Waals surface area contributed by atoms with E-state index in [1.165, 1.54) is 9.75 Å². The van der Waals surface area contributed by atoms with Gasteiger partial charge in [-0.05, 0) is 39.8 Å². The molecule has 2 nitrogen and oxygen atoms in total. The van der Waals surface area contributed by atoms with E-state index in [0.717, 1.165) is 13.2 Å². The lowest BCUT2D eigenvalue weighted by Gasteiger charge is -2.18. The molecule has 86 valence electrons. The summed E-state index contributed by atoms with van der Waals surface area (Å²) in [5.41, 5.74) is 0. The first-order valence-electron chi connectivity index (χ1n) is 5.53. The van der Waals surface area contributed by atoms with E-state index in [9.17, 15) is 0 Å². The molecule has 0 fully saturated rings. The molecule has 0 bridgehead atoms. The summed E-state index contributed by atoms with van der Waals surface area (Å²) in [5.74, 6) is 0. The topological polar surface area (TPSA) is 21.3 Å². The molecule has 2 atom stereocenters. The van der Waals surface area contributed by atoms with Gasteiger partial charge in [0.05, 0.1) is 6.61 Å². The molecule has 1 rings (SSSR count). The Balaban J connectivity index is 2.38. The Morgan fingerprint density at radius 1 is 1.40 bits per heavy atom. The Hall–Kier alpha value is -0.380. The molecular formula is C12H21NOS. The monoisotopic (exact) mass is 227 g/mol. The van der Waals surface area contributed by atoms with Crippen LogP contribution in [0.15, 0.2) is 12.1 Å².